The number of aryl methyl sites for hydroxylation is 2. The van der Waals surface area contributed by atoms with Crippen molar-refractivity contribution in [3.8, 4) is 0 Å². The van der Waals surface area contributed by atoms with Gasteiger partial charge >= 0.3 is 0 Å². The first-order valence-electron chi connectivity index (χ1n) is 12.1. The molecule has 0 amide bonds. The second-order valence-corrected chi connectivity index (χ2v) is 9.46. The van der Waals surface area contributed by atoms with E-state index < -0.39 is 0 Å². The van der Waals surface area contributed by atoms with E-state index in [4.69, 9.17) is 0 Å². The molecule has 0 atom stereocenters. The fourth-order valence-corrected chi connectivity index (χ4v) is 4.46. The van der Waals surface area contributed by atoms with E-state index in [1.807, 2.05) is 12.1 Å². The number of thioether (sulfide) groups is 1. The minimum atomic E-state index is 0.130. The van der Waals surface area contributed by atoms with Crippen molar-refractivity contribution in [1.82, 2.24) is 0 Å². The quantitative estimate of drug-likeness (QED) is 0.209. The van der Waals surface area contributed by atoms with Crippen LogP contribution in [0.15, 0.2) is 53.4 Å². The van der Waals surface area contributed by atoms with Gasteiger partial charge in [-0.2, -0.15) is 0 Å². The van der Waals surface area contributed by atoms with Crippen LogP contribution in [0, 0.1) is 0 Å². The summed E-state index contributed by atoms with van der Waals surface area (Å²) in [6, 6.07) is 16.7. The fourth-order valence-electron chi connectivity index (χ4n) is 3.72. The number of hydrogen-bond acceptors (Lipinski definition) is 2. The van der Waals surface area contributed by atoms with Crippen molar-refractivity contribution in [1.29, 1.82) is 0 Å². The maximum Gasteiger partial charge on any atom is 0.224 e. The average Bonchev–Trinajstić information content (AvgIpc) is 2.78. The van der Waals surface area contributed by atoms with Crippen molar-refractivity contribution < 1.29 is 4.79 Å². The molecule has 1 nitrogen and oxygen atoms in total. The third-order valence-corrected chi connectivity index (χ3v) is 6.64. The number of carbonyl (C=O) groups excluding carboxylic acids is 1. The van der Waals surface area contributed by atoms with Crippen LogP contribution in [0.3, 0.4) is 0 Å². The first kappa shape index (κ1) is 24.7. The van der Waals surface area contributed by atoms with Crippen molar-refractivity contribution in [3.05, 3.63) is 65.2 Å². The molecule has 2 aromatic rings. The van der Waals surface area contributed by atoms with Gasteiger partial charge in [0, 0.05) is 10.5 Å². The Kier molecular flexibility index (Phi) is 12.6. The Morgan fingerprint density at radius 1 is 0.600 bits per heavy atom. The molecule has 0 N–H and O–H groups in total. The van der Waals surface area contributed by atoms with Crippen molar-refractivity contribution in [2.75, 3.05) is 0 Å². The highest BCUT2D eigenvalue weighted by molar-refractivity contribution is 8.14. The van der Waals surface area contributed by atoms with Gasteiger partial charge in [-0.1, -0.05) is 108 Å². The van der Waals surface area contributed by atoms with E-state index in [1.165, 1.54) is 93.5 Å². The van der Waals surface area contributed by atoms with E-state index in [2.05, 4.69) is 50.2 Å². The minimum Gasteiger partial charge on any atom is -0.281 e. The SMILES string of the molecule is CCCCCCCCCCCc1ccc(C(=O)Sc2ccc(CCCC)cc2)cc1. The molecule has 0 aliphatic carbocycles. The summed E-state index contributed by atoms with van der Waals surface area (Å²) >= 11 is 1.33. The minimum absolute atomic E-state index is 0.130. The number of hydrogen-bond donors (Lipinski definition) is 0. The van der Waals surface area contributed by atoms with Gasteiger partial charge in [-0.05, 0) is 60.7 Å². The number of unbranched alkanes of at least 4 members (excludes halogenated alkanes) is 9. The summed E-state index contributed by atoms with van der Waals surface area (Å²) in [5.41, 5.74) is 3.50. The lowest BCUT2D eigenvalue weighted by atomic mass is 10.0. The fraction of sp³-hybridized carbons (Fsp3) is 0.536. The van der Waals surface area contributed by atoms with Crippen LogP contribution in [0.25, 0.3) is 0 Å². The van der Waals surface area contributed by atoms with E-state index in [0.717, 1.165) is 23.3 Å². The normalized spacial score (nSPS) is 11.0. The molecule has 0 saturated heterocycles. The molecule has 0 spiro atoms. The van der Waals surface area contributed by atoms with Gasteiger partial charge in [0.1, 0.15) is 0 Å². The molecule has 0 fully saturated rings. The molecule has 30 heavy (non-hydrogen) atoms. The highest BCUT2D eigenvalue weighted by Gasteiger charge is 2.08. The molecule has 0 aromatic heterocycles. The summed E-state index contributed by atoms with van der Waals surface area (Å²) in [5, 5.41) is 0.130. The maximum absolute atomic E-state index is 12.6. The molecule has 0 heterocycles. The summed E-state index contributed by atoms with van der Waals surface area (Å²) in [6.45, 7) is 4.48. The highest BCUT2D eigenvalue weighted by Crippen LogP contribution is 2.24. The predicted molar refractivity (Wildman–Crippen MR) is 133 cm³/mol. The smallest absolute Gasteiger partial charge is 0.224 e. The first-order chi connectivity index (χ1) is 14.7. The second kappa shape index (κ2) is 15.3. The summed E-state index contributed by atoms with van der Waals surface area (Å²) in [5.74, 6) is 0. The molecule has 2 aromatic carbocycles. The van der Waals surface area contributed by atoms with Crippen molar-refractivity contribution >= 4 is 16.9 Å². The van der Waals surface area contributed by atoms with E-state index in [0.29, 0.717) is 0 Å². The molecule has 0 radical (unpaired) electrons. The summed E-state index contributed by atoms with van der Waals surface area (Å²) in [6.07, 6.45) is 16.9. The Morgan fingerprint density at radius 2 is 1.07 bits per heavy atom. The van der Waals surface area contributed by atoms with E-state index in [9.17, 15) is 4.79 Å². The Morgan fingerprint density at radius 3 is 1.63 bits per heavy atom. The van der Waals surface area contributed by atoms with Gasteiger partial charge in [-0.15, -0.1) is 0 Å². The highest BCUT2D eigenvalue weighted by atomic mass is 32.2. The van der Waals surface area contributed by atoms with Crippen molar-refractivity contribution in [3.63, 3.8) is 0 Å². The Hall–Kier alpha value is -1.54. The van der Waals surface area contributed by atoms with E-state index >= 15 is 0 Å². The molecule has 0 saturated carbocycles. The molecule has 164 valence electrons. The molecule has 2 heteroatoms. The third-order valence-electron chi connectivity index (χ3n) is 5.71. The van der Waals surface area contributed by atoms with Crippen molar-refractivity contribution in [2.24, 2.45) is 0 Å². The molecular weight excluding hydrogens is 384 g/mol. The topological polar surface area (TPSA) is 17.1 Å². The van der Waals surface area contributed by atoms with Crippen LogP contribution >= 0.6 is 11.8 Å². The van der Waals surface area contributed by atoms with Gasteiger partial charge in [-0.3, -0.25) is 4.79 Å². The maximum atomic E-state index is 12.6. The van der Waals surface area contributed by atoms with Gasteiger partial charge in [0.15, 0.2) is 0 Å². The lowest BCUT2D eigenvalue weighted by molar-refractivity contribution is 0.108. The standard InChI is InChI=1S/C28H40OS/c1-3-5-7-8-9-10-11-12-13-15-25-16-20-26(21-17-25)28(29)30-27-22-18-24(19-23-27)14-6-4-2/h16-23H,3-15H2,1-2H3. The summed E-state index contributed by atoms with van der Waals surface area (Å²) in [4.78, 5) is 13.6. The predicted octanol–water partition coefficient (Wildman–Crippen LogP) is 9.04. The Bertz CT molecular complexity index is 702. The largest absolute Gasteiger partial charge is 0.281 e. The van der Waals surface area contributed by atoms with Gasteiger partial charge in [0.05, 0.1) is 0 Å². The van der Waals surface area contributed by atoms with E-state index in [1.54, 1.807) is 0 Å². The van der Waals surface area contributed by atoms with Crippen LogP contribution in [0.2, 0.25) is 0 Å². The van der Waals surface area contributed by atoms with Crippen molar-refractivity contribution in [2.45, 2.75) is 102 Å². The zero-order valence-corrected chi connectivity index (χ0v) is 19.9. The molecule has 0 aliphatic heterocycles. The lowest BCUT2D eigenvalue weighted by Gasteiger charge is -2.06. The van der Waals surface area contributed by atoms with Crippen LogP contribution in [0.5, 0.6) is 0 Å². The Labute approximate surface area is 189 Å². The average molecular weight is 425 g/mol. The summed E-state index contributed by atoms with van der Waals surface area (Å²) in [7, 11) is 0. The molecular formula is C28H40OS. The monoisotopic (exact) mass is 424 g/mol. The van der Waals surface area contributed by atoms with Crippen LogP contribution in [-0.4, -0.2) is 5.12 Å². The Balaban J connectivity index is 1.66. The van der Waals surface area contributed by atoms with Gasteiger partial charge < -0.3 is 0 Å². The molecule has 0 bridgehead atoms. The zero-order chi connectivity index (χ0) is 21.4. The third kappa shape index (κ3) is 9.98. The van der Waals surface area contributed by atoms with Gasteiger partial charge in [0.2, 0.25) is 5.12 Å². The summed E-state index contributed by atoms with van der Waals surface area (Å²) < 4.78 is 0. The number of benzene rings is 2. The number of carbonyl (C=O) groups is 1. The lowest BCUT2D eigenvalue weighted by Crippen LogP contribution is -1.95. The van der Waals surface area contributed by atoms with Gasteiger partial charge in [-0.25, -0.2) is 0 Å². The number of rotatable bonds is 15. The second-order valence-electron chi connectivity index (χ2n) is 8.41. The van der Waals surface area contributed by atoms with E-state index in [-0.39, 0.29) is 5.12 Å². The first-order valence-corrected chi connectivity index (χ1v) is 12.9. The van der Waals surface area contributed by atoms with Crippen LogP contribution in [0.1, 0.15) is 106 Å². The van der Waals surface area contributed by atoms with Crippen LogP contribution in [-0.2, 0) is 12.8 Å². The van der Waals surface area contributed by atoms with Crippen LogP contribution < -0.4 is 0 Å². The van der Waals surface area contributed by atoms with Gasteiger partial charge in [0.25, 0.3) is 0 Å². The molecule has 2 rings (SSSR count). The molecule has 0 aliphatic rings. The zero-order valence-electron chi connectivity index (χ0n) is 19.1. The molecule has 0 unspecified atom stereocenters. The van der Waals surface area contributed by atoms with Crippen LogP contribution in [0.4, 0.5) is 0 Å².